The van der Waals surface area contributed by atoms with E-state index >= 15 is 0 Å². The van der Waals surface area contributed by atoms with Crippen LogP contribution in [0.2, 0.25) is 0 Å². The van der Waals surface area contributed by atoms with Crippen molar-refractivity contribution in [1.82, 2.24) is 14.7 Å². The first kappa shape index (κ1) is 18.1. The number of amides is 1. The Kier molecular flexibility index (Phi) is 4.58. The molecular weight excluding hydrogens is 334 g/mol. The summed E-state index contributed by atoms with van der Waals surface area (Å²) in [5.41, 5.74) is 1.63. The van der Waals surface area contributed by atoms with Crippen molar-refractivity contribution in [2.75, 3.05) is 13.2 Å². The van der Waals surface area contributed by atoms with E-state index in [1.54, 1.807) is 35.9 Å². The number of carbonyl (C=O) groups is 2. The van der Waals surface area contributed by atoms with Crippen molar-refractivity contribution in [2.24, 2.45) is 0 Å². The van der Waals surface area contributed by atoms with Gasteiger partial charge in [0, 0.05) is 12.1 Å². The molecular formula is C19H23N3O4. The second-order valence-corrected chi connectivity index (χ2v) is 7.26. The van der Waals surface area contributed by atoms with E-state index in [0.717, 1.165) is 0 Å². The number of hydrogen-bond donors (Lipinski definition) is 1. The Labute approximate surface area is 152 Å². The van der Waals surface area contributed by atoms with Crippen LogP contribution in [0.4, 0.5) is 0 Å². The molecule has 0 saturated carbocycles. The quantitative estimate of drug-likeness (QED) is 0.912. The standard InChI is InChI=1S/C19H23N3O4/c1-12-10-21(19(3,4)11-26-12)17(23)14-5-7-15(8-6-14)22-13(2)16(9-20-22)18(24)25/h5-9,12H,10-11H2,1-4H3,(H,24,25). The molecule has 7 nitrogen and oxygen atoms in total. The zero-order valence-electron chi connectivity index (χ0n) is 15.4. The van der Waals surface area contributed by atoms with Crippen molar-refractivity contribution in [3.05, 3.63) is 47.3 Å². The van der Waals surface area contributed by atoms with Crippen LogP contribution in [0.5, 0.6) is 0 Å². The first-order valence-electron chi connectivity index (χ1n) is 8.52. The number of nitrogens with zero attached hydrogens (tertiary/aromatic N) is 3. The third-order valence-electron chi connectivity index (χ3n) is 4.74. The minimum Gasteiger partial charge on any atom is -0.478 e. The maximum absolute atomic E-state index is 12.9. The number of carboxylic acid groups (broad SMARTS) is 1. The van der Waals surface area contributed by atoms with Gasteiger partial charge in [-0.05, 0) is 52.0 Å². The maximum atomic E-state index is 12.9. The zero-order valence-corrected chi connectivity index (χ0v) is 15.4. The Morgan fingerprint density at radius 1 is 1.27 bits per heavy atom. The molecule has 1 unspecified atom stereocenters. The smallest absolute Gasteiger partial charge is 0.339 e. The van der Waals surface area contributed by atoms with Crippen LogP contribution < -0.4 is 0 Å². The molecule has 1 fully saturated rings. The minimum absolute atomic E-state index is 0.00686. The van der Waals surface area contributed by atoms with Gasteiger partial charge in [0.1, 0.15) is 5.56 Å². The fraction of sp³-hybridized carbons (Fsp3) is 0.421. The molecule has 1 amide bonds. The van der Waals surface area contributed by atoms with E-state index in [2.05, 4.69) is 5.10 Å². The molecule has 3 rings (SSSR count). The molecule has 1 aromatic carbocycles. The molecule has 7 heteroatoms. The first-order valence-corrected chi connectivity index (χ1v) is 8.52. The molecule has 138 valence electrons. The van der Waals surface area contributed by atoms with Gasteiger partial charge >= 0.3 is 5.97 Å². The van der Waals surface area contributed by atoms with Gasteiger partial charge in [0.2, 0.25) is 0 Å². The van der Waals surface area contributed by atoms with Crippen molar-refractivity contribution in [3.63, 3.8) is 0 Å². The van der Waals surface area contributed by atoms with Gasteiger partial charge < -0.3 is 14.7 Å². The summed E-state index contributed by atoms with van der Waals surface area (Å²) in [6.45, 7) is 8.69. The summed E-state index contributed by atoms with van der Waals surface area (Å²) in [4.78, 5) is 25.9. The largest absolute Gasteiger partial charge is 0.478 e. The number of aromatic carboxylic acids is 1. The summed E-state index contributed by atoms with van der Waals surface area (Å²) in [6, 6.07) is 7.04. The van der Waals surface area contributed by atoms with Gasteiger partial charge in [-0.3, -0.25) is 4.79 Å². The summed E-state index contributed by atoms with van der Waals surface area (Å²) >= 11 is 0. The van der Waals surface area contributed by atoms with E-state index in [0.29, 0.717) is 30.1 Å². The third-order valence-corrected chi connectivity index (χ3v) is 4.74. The molecule has 1 aromatic heterocycles. The van der Waals surface area contributed by atoms with E-state index < -0.39 is 5.97 Å². The predicted octanol–water partition coefficient (Wildman–Crippen LogP) is 2.52. The Balaban J connectivity index is 1.85. The number of aromatic nitrogens is 2. The fourth-order valence-electron chi connectivity index (χ4n) is 3.12. The van der Waals surface area contributed by atoms with Crippen LogP contribution in [0.1, 0.15) is 47.2 Å². The lowest BCUT2D eigenvalue weighted by atomic mass is 9.99. The lowest BCUT2D eigenvalue weighted by Gasteiger charge is -2.44. The Morgan fingerprint density at radius 2 is 1.92 bits per heavy atom. The third kappa shape index (κ3) is 3.22. The summed E-state index contributed by atoms with van der Waals surface area (Å²) in [6.07, 6.45) is 1.33. The van der Waals surface area contributed by atoms with E-state index in [9.17, 15) is 9.59 Å². The Hall–Kier alpha value is -2.67. The monoisotopic (exact) mass is 357 g/mol. The highest BCUT2D eigenvalue weighted by atomic mass is 16.5. The molecule has 2 heterocycles. The zero-order chi connectivity index (χ0) is 19.1. The number of carbonyl (C=O) groups excluding carboxylic acids is 1. The Morgan fingerprint density at radius 3 is 2.50 bits per heavy atom. The summed E-state index contributed by atoms with van der Waals surface area (Å²) in [5, 5.41) is 13.3. The summed E-state index contributed by atoms with van der Waals surface area (Å²) < 4.78 is 7.22. The molecule has 26 heavy (non-hydrogen) atoms. The van der Waals surface area contributed by atoms with Crippen molar-refractivity contribution in [3.8, 4) is 5.69 Å². The molecule has 1 N–H and O–H groups in total. The number of morpholine rings is 1. The normalized spacial score (nSPS) is 19.4. The number of benzene rings is 1. The van der Waals surface area contributed by atoms with Gasteiger partial charge in [0.25, 0.3) is 5.91 Å². The lowest BCUT2D eigenvalue weighted by Crippen LogP contribution is -2.57. The molecule has 0 aliphatic carbocycles. The average Bonchev–Trinajstić information content (AvgIpc) is 2.98. The van der Waals surface area contributed by atoms with E-state index in [1.807, 2.05) is 25.7 Å². The molecule has 0 radical (unpaired) electrons. The van der Waals surface area contributed by atoms with Crippen LogP contribution in [-0.4, -0.2) is 56.5 Å². The molecule has 2 aromatic rings. The van der Waals surface area contributed by atoms with Crippen LogP contribution >= 0.6 is 0 Å². The average molecular weight is 357 g/mol. The van der Waals surface area contributed by atoms with Crippen LogP contribution in [0.25, 0.3) is 5.69 Å². The van der Waals surface area contributed by atoms with Gasteiger partial charge in [-0.1, -0.05) is 0 Å². The van der Waals surface area contributed by atoms with Gasteiger partial charge in [-0.25, -0.2) is 9.48 Å². The van der Waals surface area contributed by atoms with Gasteiger partial charge in [0.15, 0.2) is 0 Å². The predicted molar refractivity (Wildman–Crippen MR) is 95.8 cm³/mol. The van der Waals surface area contributed by atoms with E-state index in [4.69, 9.17) is 9.84 Å². The molecule has 1 atom stereocenters. The molecule has 1 saturated heterocycles. The highest BCUT2D eigenvalue weighted by Crippen LogP contribution is 2.25. The summed E-state index contributed by atoms with van der Waals surface area (Å²) in [5.74, 6) is -1.05. The number of rotatable bonds is 3. The van der Waals surface area contributed by atoms with Crippen molar-refractivity contribution < 1.29 is 19.4 Å². The highest BCUT2D eigenvalue weighted by Gasteiger charge is 2.37. The van der Waals surface area contributed by atoms with Crippen molar-refractivity contribution in [1.29, 1.82) is 0 Å². The second-order valence-electron chi connectivity index (χ2n) is 7.26. The van der Waals surface area contributed by atoms with Crippen LogP contribution in [0.3, 0.4) is 0 Å². The van der Waals surface area contributed by atoms with Gasteiger partial charge in [0.05, 0.1) is 35.8 Å². The fourth-order valence-corrected chi connectivity index (χ4v) is 3.12. The SMILES string of the molecule is Cc1c(C(=O)O)cnn1-c1ccc(C(=O)N2CC(C)OCC2(C)C)cc1. The molecule has 0 spiro atoms. The van der Waals surface area contributed by atoms with E-state index in [-0.39, 0.29) is 23.1 Å². The number of carboxylic acids is 1. The molecule has 1 aliphatic rings. The topological polar surface area (TPSA) is 84.7 Å². The number of ether oxygens (including phenoxy) is 1. The van der Waals surface area contributed by atoms with Crippen molar-refractivity contribution >= 4 is 11.9 Å². The van der Waals surface area contributed by atoms with Crippen LogP contribution in [-0.2, 0) is 4.74 Å². The summed E-state index contributed by atoms with van der Waals surface area (Å²) in [7, 11) is 0. The minimum atomic E-state index is -1.01. The second kappa shape index (κ2) is 6.57. The first-order chi connectivity index (χ1) is 12.2. The maximum Gasteiger partial charge on any atom is 0.339 e. The van der Waals surface area contributed by atoms with Crippen LogP contribution in [0, 0.1) is 6.92 Å². The Bertz CT molecular complexity index is 839. The van der Waals surface area contributed by atoms with Crippen LogP contribution in [0.15, 0.2) is 30.5 Å². The van der Waals surface area contributed by atoms with Crippen molar-refractivity contribution in [2.45, 2.75) is 39.3 Å². The molecule has 1 aliphatic heterocycles. The van der Waals surface area contributed by atoms with E-state index in [1.165, 1.54) is 6.20 Å². The van der Waals surface area contributed by atoms with Gasteiger partial charge in [-0.15, -0.1) is 0 Å². The van der Waals surface area contributed by atoms with Gasteiger partial charge in [-0.2, -0.15) is 5.10 Å². The highest BCUT2D eigenvalue weighted by molar-refractivity contribution is 5.95. The number of hydrogen-bond acceptors (Lipinski definition) is 4. The molecule has 0 bridgehead atoms. The lowest BCUT2D eigenvalue weighted by molar-refractivity contribution is -0.0755.